The van der Waals surface area contributed by atoms with Crippen molar-refractivity contribution in [2.75, 3.05) is 6.54 Å². The van der Waals surface area contributed by atoms with Crippen molar-refractivity contribution in [1.29, 1.82) is 0 Å². The molecule has 1 N–H and O–H groups in total. The van der Waals surface area contributed by atoms with Crippen molar-refractivity contribution in [3.05, 3.63) is 29.8 Å². The second-order valence-corrected chi connectivity index (χ2v) is 5.07. The molecule has 0 radical (unpaired) electrons. The lowest BCUT2D eigenvalue weighted by molar-refractivity contribution is 0.0948. The predicted octanol–water partition coefficient (Wildman–Crippen LogP) is 4.09. The lowest BCUT2D eigenvalue weighted by Crippen LogP contribution is -2.25. The molecule has 1 rings (SSSR count). The van der Waals surface area contributed by atoms with E-state index in [1.807, 2.05) is 0 Å². The van der Waals surface area contributed by atoms with Crippen LogP contribution in [0.1, 0.15) is 68.6 Å². The Kier molecular flexibility index (Phi) is 8.59. The number of pyridine rings is 1. The van der Waals surface area contributed by atoms with Gasteiger partial charge in [-0.15, -0.1) is 0 Å². The molecule has 0 saturated heterocycles. The maximum atomic E-state index is 13.2. The van der Waals surface area contributed by atoms with Crippen molar-refractivity contribution >= 4 is 5.91 Å². The minimum absolute atomic E-state index is 0.0204. The molecule has 1 aromatic rings. The van der Waals surface area contributed by atoms with Crippen molar-refractivity contribution in [3.63, 3.8) is 0 Å². The summed E-state index contributed by atoms with van der Waals surface area (Å²) >= 11 is 0. The zero-order chi connectivity index (χ0) is 14.6. The first-order chi connectivity index (χ1) is 9.75. The SMILES string of the molecule is CCCCCCCCCCNC(=O)c1cccnc1F. The maximum Gasteiger partial charge on any atom is 0.255 e. The number of hydrogen-bond donors (Lipinski definition) is 1. The summed E-state index contributed by atoms with van der Waals surface area (Å²) in [4.78, 5) is 15.1. The molecule has 4 heteroatoms. The summed E-state index contributed by atoms with van der Waals surface area (Å²) in [5, 5.41) is 2.73. The van der Waals surface area contributed by atoms with E-state index in [-0.39, 0.29) is 11.5 Å². The third-order valence-corrected chi connectivity index (χ3v) is 3.32. The molecule has 0 aromatic carbocycles. The van der Waals surface area contributed by atoms with E-state index in [0.29, 0.717) is 6.54 Å². The van der Waals surface area contributed by atoms with Crippen molar-refractivity contribution in [2.45, 2.75) is 58.3 Å². The predicted molar refractivity (Wildman–Crippen MR) is 79.1 cm³/mol. The van der Waals surface area contributed by atoms with Crippen molar-refractivity contribution in [2.24, 2.45) is 0 Å². The second-order valence-electron chi connectivity index (χ2n) is 5.07. The van der Waals surface area contributed by atoms with Gasteiger partial charge in [0.1, 0.15) is 0 Å². The monoisotopic (exact) mass is 280 g/mol. The number of nitrogens with one attached hydrogen (secondary N) is 1. The van der Waals surface area contributed by atoms with Crippen LogP contribution in [0.4, 0.5) is 4.39 Å². The van der Waals surface area contributed by atoms with E-state index in [2.05, 4.69) is 17.2 Å². The molecule has 0 saturated carbocycles. The van der Waals surface area contributed by atoms with Crippen LogP contribution in [0.2, 0.25) is 0 Å². The van der Waals surface area contributed by atoms with Gasteiger partial charge in [-0.25, -0.2) is 4.98 Å². The Morgan fingerprint density at radius 2 is 1.80 bits per heavy atom. The van der Waals surface area contributed by atoms with E-state index >= 15 is 0 Å². The number of hydrogen-bond acceptors (Lipinski definition) is 2. The molecule has 112 valence electrons. The van der Waals surface area contributed by atoms with Crippen LogP contribution in [0.5, 0.6) is 0 Å². The highest BCUT2D eigenvalue weighted by molar-refractivity contribution is 5.94. The van der Waals surface area contributed by atoms with Gasteiger partial charge < -0.3 is 5.32 Å². The van der Waals surface area contributed by atoms with Gasteiger partial charge >= 0.3 is 0 Å². The first-order valence-electron chi connectivity index (χ1n) is 7.64. The van der Waals surface area contributed by atoms with Crippen molar-refractivity contribution in [3.8, 4) is 0 Å². The lowest BCUT2D eigenvalue weighted by Gasteiger charge is -2.05. The average Bonchev–Trinajstić information content (AvgIpc) is 2.46. The van der Waals surface area contributed by atoms with E-state index in [9.17, 15) is 9.18 Å². The standard InChI is InChI=1S/C16H25FN2O/c1-2-3-4-5-6-7-8-9-12-19-16(20)14-11-10-13-18-15(14)17/h10-11,13H,2-9,12H2,1H3,(H,19,20). The quantitative estimate of drug-likeness (QED) is 0.518. The van der Waals surface area contributed by atoms with Gasteiger partial charge in [-0.2, -0.15) is 4.39 Å². The fourth-order valence-electron chi connectivity index (χ4n) is 2.11. The molecule has 0 fully saturated rings. The van der Waals surface area contributed by atoms with Crippen LogP contribution in [-0.4, -0.2) is 17.4 Å². The van der Waals surface area contributed by atoms with Gasteiger partial charge in [-0.3, -0.25) is 4.79 Å². The summed E-state index contributed by atoms with van der Waals surface area (Å²) in [7, 11) is 0. The number of carbonyl (C=O) groups is 1. The van der Waals surface area contributed by atoms with Crippen molar-refractivity contribution < 1.29 is 9.18 Å². The van der Waals surface area contributed by atoms with Crippen LogP contribution >= 0.6 is 0 Å². The van der Waals surface area contributed by atoms with Gasteiger partial charge in [0.05, 0.1) is 5.56 Å². The third kappa shape index (κ3) is 6.64. The Morgan fingerprint density at radius 1 is 1.15 bits per heavy atom. The van der Waals surface area contributed by atoms with Crippen LogP contribution in [-0.2, 0) is 0 Å². The fourth-order valence-corrected chi connectivity index (χ4v) is 2.11. The average molecular weight is 280 g/mol. The van der Waals surface area contributed by atoms with E-state index < -0.39 is 5.95 Å². The summed E-state index contributed by atoms with van der Waals surface area (Å²) in [6, 6.07) is 3.01. The molecule has 3 nitrogen and oxygen atoms in total. The highest BCUT2D eigenvalue weighted by Crippen LogP contribution is 2.08. The van der Waals surface area contributed by atoms with Gasteiger partial charge in [0.15, 0.2) is 0 Å². The Bertz CT molecular complexity index is 396. The molecule has 0 unspecified atom stereocenters. The van der Waals surface area contributed by atoms with E-state index in [0.717, 1.165) is 12.8 Å². The largest absolute Gasteiger partial charge is 0.352 e. The minimum atomic E-state index is -0.707. The number of carbonyl (C=O) groups excluding carboxylic acids is 1. The van der Waals surface area contributed by atoms with Gasteiger partial charge in [-0.05, 0) is 18.6 Å². The van der Waals surface area contributed by atoms with E-state index in [4.69, 9.17) is 0 Å². The number of unbranched alkanes of at least 4 members (excludes halogenated alkanes) is 7. The Hall–Kier alpha value is -1.45. The van der Waals surface area contributed by atoms with Crippen LogP contribution in [0.3, 0.4) is 0 Å². The first kappa shape index (κ1) is 16.6. The molecule has 1 heterocycles. The van der Waals surface area contributed by atoms with Gasteiger partial charge in [0, 0.05) is 12.7 Å². The molecular formula is C16H25FN2O. The smallest absolute Gasteiger partial charge is 0.255 e. The molecule has 1 aromatic heterocycles. The van der Waals surface area contributed by atoms with E-state index in [1.165, 1.54) is 50.8 Å². The van der Waals surface area contributed by atoms with Crippen LogP contribution in [0.25, 0.3) is 0 Å². The van der Waals surface area contributed by atoms with Crippen LogP contribution in [0, 0.1) is 5.95 Å². The molecule has 1 amide bonds. The zero-order valence-corrected chi connectivity index (χ0v) is 12.3. The normalized spacial score (nSPS) is 10.5. The van der Waals surface area contributed by atoms with Gasteiger partial charge in [0.2, 0.25) is 5.95 Å². The molecule has 0 atom stereocenters. The highest BCUT2D eigenvalue weighted by Gasteiger charge is 2.10. The number of nitrogens with zero attached hydrogens (tertiary/aromatic N) is 1. The Balaban J connectivity index is 2.04. The number of aromatic nitrogens is 1. The molecule has 0 aliphatic rings. The van der Waals surface area contributed by atoms with Crippen LogP contribution in [0.15, 0.2) is 18.3 Å². The van der Waals surface area contributed by atoms with Gasteiger partial charge in [-0.1, -0.05) is 51.9 Å². The lowest BCUT2D eigenvalue weighted by atomic mass is 10.1. The molecule has 0 aliphatic carbocycles. The summed E-state index contributed by atoms with van der Waals surface area (Å²) < 4.78 is 13.2. The second kappa shape index (κ2) is 10.4. The molecule has 0 aliphatic heterocycles. The molecule has 0 spiro atoms. The number of rotatable bonds is 10. The maximum absolute atomic E-state index is 13.2. The topological polar surface area (TPSA) is 42.0 Å². The first-order valence-corrected chi connectivity index (χ1v) is 7.64. The molecule has 0 bridgehead atoms. The minimum Gasteiger partial charge on any atom is -0.352 e. The van der Waals surface area contributed by atoms with Gasteiger partial charge in [0.25, 0.3) is 5.91 Å². The highest BCUT2D eigenvalue weighted by atomic mass is 19.1. The van der Waals surface area contributed by atoms with Crippen LogP contribution < -0.4 is 5.32 Å². The summed E-state index contributed by atoms with van der Waals surface area (Å²) in [6.45, 7) is 2.82. The number of halogens is 1. The molecule has 20 heavy (non-hydrogen) atoms. The Morgan fingerprint density at radius 3 is 2.45 bits per heavy atom. The van der Waals surface area contributed by atoms with Crippen molar-refractivity contribution in [1.82, 2.24) is 10.3 Å². The fraction of sp³-hybridized carbons (Fsp3) is 0.625. The number of amides is 1. The summed E-state index contributed by atoms with van der Waals surface area (Å²) in [5.74, 6) is -1.08. The Labute approximate surface area is 121 Å². The third-order valence-electron chi connectivity index (χ3n) is 3.32. The summed E-state index contributed by atoms with van der Waals surface area (Å²) in [5.41, 5.74) is 0.0204. The molecular weight excluding hydrogens is 255 g/mol. The zero-order valence-electron chi connectivity index (χ0n) is 12.3. The van der Waals surface area contributed by atoms with E-state index in [1.54, 1.807) is 6.07 Å². The summed E-state index contributed by atoms with van der Waals surface area (Å²) in [6.07, 6.45) is 11.1.